The summed E-state index contributed by atoms with van der Waals surface area (Å²) in [6, 6.07) is 6.38. The summed E-state index contributed by atoms with van der Waals surface area (Å²) in [4.78, 5) is 4.89. The highest BCUT2D eigenvalue weighted by molar-refractivity contribution is 6.30. The van der Waals surface area contributed by atoms with Gasteiger partial charge in [-0.05, 0) is 85.7 Å². The number of halogens is 1. The van der Waals surface area contributed by atoms with Crippen LogP contribution in [-0.4, -0.2) is 18.8 Å². The molecular formula is C21H23ClN2. The van der Waals surface area contributed by atoms with Gasteiger partial charge in [0.2, 0.25) is 0 Å². The Morgan fingerprint density at radius 1 is 1.21 bits per heavy atom. The number of aliphatic imine (C=N–C) groups is 1. The van der Waals surface area contributed by atoms with Crippen molar-refractivity contribution in [3.63, 3.8) is 0 Å². The van der Waals surface area contributed by atoms with E-state index >= 15 is 0 Å². The zero-order valence-corrected chi connectivity index (χ0v) is 14.8. The highest BCUT2D eigenvalue weighted by Gasteiger charge is 2.34. The van der Waals surface area contributed by atoms with Gasteiger partial charge >= 0.3 is 0 Å². The van der Waals surface area contributed by atoms with E-state index in [9.17, 15) is 0 Å². The first-order valence-electron chi connectivity index (χ1n) is 8.86. The van der Waals surface area contributed by atoms with Crippen LogP contribution < -0.4 is 5.32 Å². The Hall–Kier alpha value is -1.64. The summed E-state index contributed by atoms with van der Waals surface area (Å²) in [7, 11) is 0. The van der Waals surface area contributed by atoms with Crippen molar-refractivity contribution in [2.75, 3.05) is 13.1 Å². The lowest BCUT2D eigenvalue weighted by Crippen LogP contribution is -2.34. The van der Waals surface area contributed by atoms with Crippen molar-refractivity contribution in [2.45, 2.75) is 32.1 Å². The molecule has 124 valence electrons. The third kappa shape index (κ3) is 2.89. The molecule has 0 saturated carbocycles. The standard InChI is InChI=1S/C21H23ClN2/c1-14-12-16-4-2-3-9-24-21(16)20(15-7-10-23-11-8-15)18-6-5-17(22)13-19(14)18/h3-6,9,12-13,15,20,23H,2,7-8,10-11H2,1H3. The molecule has 3 heteroatoms. The molecule has 1 atom stereocenters. The number of nitrogens with one attached hydrogen (secondary N) is 1. The maximum atomic E-state index is 6.31. The fourth-order valence-corrected chi connectivity index (χ4v) is 4.39. The third-order valence-electron chi connectivity index (χ3n) is 5.39. The van der Waals surface area contributed by atoms with Crippen LogP contribution in [0.15, 0.2) is 53.2 Å². The van der Waals surface area contributed by atoms with Crippen molar-refractivity contribution in [3.05, 3.63) is 64.3 Å². The first-order valence-corrected chi connectivity index (χ1v) is 9.24. The minimum Gasteiger partial charge on any atom is -0.317 e. The summed E-state index contributed by atoms with van der Waals surface area (Å²) in [5.41, 5.74) is 6.47. The molecule has 1 N–H and O–H groups in total. The maximum absolute atomic E-state index is 6.31. The quantitative estimate of drug-likeness (QED) is 0.754. The highest BCUT2D eigenvalue weighted by atomic mass is 35.5. The van der Waals surface area contributed by atoms with Crippen LogP contribution in [0.4, 0.5) is 0 Å². The number of fused-ring (bicyclic) bond motifs is 2. The molecule has 1 saturated heterocycles. The number of hydrogen-bond donors (Lipinski definition) is 1. The zero-order valence-electron chi connectivity index (χ0n) is 14.1. The molecule has 1 unspecified atom stereocenters. The van der Waals surface area contributed by atoms with Crippen molar-refractivity contribution in [1.82, 2.24) is 5.32 Å². The van der Waals surface area contributed by atoms with Crippen molar-refractivity contribution in [1.29, 1.82) is 0 Å². The van der Waals surface area contributed by atoms with Gasteiger partial charge in [0.1, 0.15) is 0 Å². The summed E-state index contributed by atoms with van der Waals surface area (Å²) in [5.74, 6) is 0.973. The minimum atomic E-state index is 0.349. The number of rotatable bonds is 1. The molecule has 0 radical (unpaired) electrons. The predicted octanol–water partition coefficient (Wildman–Crippen LogP) is 5.12. The average Bonchev–Trinajstić information content (AvgIpc) is 2.88. The Morgan fingerprint density at radius 3 is 2.88 bits per heavy atom. The molecule has 1 fully saturated rings. The van der Waals surface area contributed by atoms with E-state index in [-0.39, 0.29) is 0 Å². The van der Waals surface area contributed by atoms with Crippen LogP contribution in [0.3, 0.4) is 0 Å². The fraction of sp³-hybridized carbons (Fsp3) is 0.381. The van der Waals surface area contributed by atoms with Crippen LogP contribution in [0.5, 0.6) is 0 Å². The molecule has 4 rings (SSSR count). The Morgan fingerprint density at radius 2 is 2.04 bits per heavy atom. The monoisotopic (exact) mass is 338 g/mol. The first kappa shape index (κ1) is 15.9. The number of benzene rings is 1. The van der Waals surface area contributed by atoms with Gasteiger partial charge in [0.15, 0.2) is 0 Å². The number of hydrogen-bond acceptors (Lipinski definition) is 2. The van der Waals surface area contributed by atoms with Crippen molar-refractivity contribution < 1.29 is 0 Å². The molecule has 0 spiro atoms. The molecule has 3 aliphatic rings. The molecule has 0 amide bonds. The van der Waals surface area contributed by atoms with Gasteiger partial charge < -0.3 is 5.32 Å². The lowest BCUT2D eigenvalue weighted by molar-refractivity contribution is 0.357. The van der Waals surface area contributed by atoms with Crippen LogP contribution in [-0.2, 0) is 0 Å². The molecule has 1 aliphatic carbocycles. The summed E-state index contributed by atoms with van der Waals surface area (Å²) in [6.07, 6.45) is 12.1. The second kappa shape index (κ2) is 6.70. The Balaban J connectivity index is 1.91. The van der Waals surface area contributed by atoms with Crippen molar-refractivity contribution >= 4 is 22.9 Å². The molecule has 0 aromatic heterocycles. The third-order valence-corrected chi connectivity index (χ3v) is 5.62. The lowest BCUT2D eigenvalue weighted by Gasteiger charge is -2.32. The zero-order chi connectivity index (χ0) is 16.5. The predicted molar refractivity (Wildman–Crippen MR) is 103 cm³/mol. The molecule has 0 bridgehead atoms. The molecule has 24 heavy (non-hydrogen) atoms. The topological polar surface area (TPSA) is 24.4 Å². The Labute approximate surface area is 149 Å². The van der Waals surface area contributed by atoms with Gasteiger partial charge in [-0.2, -0.15) is 0 Å². The van der Waals surface area contributed by atoms with Gasteiger partial charge in [0, 0.05) is 17.1 Å². The smallest absolute Gasteiger partial charge is 0.0550 e. The molecular weight excluding hydrogens is 316 g/mol. The van der Waals surface area contributed by atoms with Crippen LogP contribution in [0, 0.1) is 5.92 Å². The lowest BCUT2D eigenvalue weighted by atomic mass is 9.75. The van der Waals surface area contributed by atoms with Crippen LogP contribution in [0.2, 0.25) is 5.02 Å². The van der Waals surface area contributed by atoms with E-state index in [1.807, 2.05) is 12.3 Å². The van der Waals surface area contributed by atoms with Gasteiger partial charge in [0.05, 0.1) is 5.71 Å². The number of allylic oxidation sites excluding steroid dienone is 5. The van der Waals surface area contributed by atoms with E-state index in [0.29, 0.717) is 11.8 Å². The first-order chi connectivity index (χ1) is 11.7. The second-order valence-corrected chi connectivity index (χ2v) is 7.35. The Kier molecular flexibility index (Phi) is 4.43. The van der Waals surface area contributed by atoms with E-state index in [0.717, 1.165) is 24.5 Å². The van der Waals surface area contributed by atoms with Gasteiger partial charge in [-0.3, -0.25) is 4.99 Å². The largest absolute Gasteiger partial charge is 0.317 e. The van der Waals surface area contributed by atoms with E-state index in [1.165, 1.54) is 40.8 Å². The summed E-state index contributed by atoms with van der Waals surface area (Å²) in [6.45, 7) is 4.38. The van der Waals surface area contributed by atoms with Crippen LogP contribution in [0.1, 0.15) is 43.2 Å². The van der Waals surface area contributed by atoms with Crippen LogP contribution in [0.25, 0.3) is 5.57 Å². The van der Waals surface area contributed by atoms with E-state index < -0.39 is 0 Å². The SMILES string of the molecule is CC1=CC2=CCC=CN=C2C(C2CCNCC2)c2ccc(Cl)cc21. The molecule has 2 nitrogen and oxygen atoms in total. The molecule has 1 aromatic carbocycles. The number of piperidine rings is 1. The molecule has 1 aromatic rings. The van der Waals surface area contributed by atoms with Gasteiger partial charge in [-0.1, -0.05) is 29.8 Å². The summed E-state index contributed by atoms with van der Waals surface area (Å²) >= 11 is 6.31. The summed E-state index contributed by atoms with van der Waals surface area (Å²) < 4.78 is 0. The van der Waals surface area contributed by atoms with Crippen molar-refractivity contribution in [3.8, 4) is 0 Å². The Bertz CT molecular complexity index is 764. The van der Waals surface area contributed by atoms with E-state index in [2.05, 4.69) is 42.6 Å². The molecule has 2 aliphatic heterocycles. The van der Waals surface area contributed by atoms with Gasteiger partial charge in [-0.15, -0.1) is 0 Å². The van der Waals surface area contributed by atoms with Gasteiger partial charge in [0.25, 0.3) is 0 Å². The van der Waals surface area contributed by atoms with Gasteiger partial charge in [-0.25, -0.2) is 0 Å². The average molecular weight is 339 g/mol. The van der Waals surface area contributed by atoms with Crippen molar-refractivity contribution in [2.24, 2.45) is 10.9 Å². The second-order valence-electron chi connectivity index (χ2n) is 6.92. The maximum Gasteiger partial charge on any atom is 0.0550 e. The minimum absolute atomic E-state index is 0.349. The number of nitrogens with zero attached hydrogens (tertiary/aromatic N) is 1. The van der Waals surface area contributed by atoms with Crippen LogP contribution >= 0.6 is 11.6 Å². The molecule has 2 heterocycles. The highest BCUT2D eigenvalue weighted by Crippen LogP contribution is 2.42. The van der Waals surface area contributed by atoms with E-state index in [4.69, 9.17) is 16.6 Å². The summed E-state index contributed by atoms with van der Waals surface area (Å²) in [5, 5.41) is 4.30. The normalized spacial score (nSPS) is 24.1. The van der Waals surface area contributed by atoms with E-state index in [1.54, 1.807) is 0 Å². The fourth-order valence-electron chi connectivity index (χ4n) is 4.21.